The SMILES string of the molecule is CC(C)(C)SOC(=O)C(CCO)C(CCOCc1ccccc1)NCc1ccccc1. The predicted octanol–water partition coefficient (Wildman–Crippen LogP) is 4.74. The molecule has 0 aromatic heterocycles. The third-order valence-corrected chi connectivity index (χ3v) is 5.45. The summed E-state index contributed by atoms with van der Waals surface area (Å²) in [6.07, 6.45) is 0.980. The maximum atomic E-state index is 12.9. The third kappa shape index (κ3) is 10.3. The van der Waals surface area contributed by atoms with Crippen molar-refractivity contribution in [1.82, 2.24) is 5.32 Å². The Balaban J connectivity index is 2.00. The van der Waals surface area contributed by atoms with E-state index in [-0.39, 0.29) is 23.4 Å². The summed E-state index contributed by atoms with van der Waals surface area (Å²) in [4.78, 5) is 12.9. The molecule has 0 aliphatic rings. The number of carbonyl (C=O) groups is 1. The van der Waals surface area contributed by atoms with Gasteiger partial charge in [0.1, 0.15) is 0 Å². The molecule has 5 nitrogen and oxygen atoms in total. The highest BCUT2D eigenvalue weighted by molar-refractivity contribution is 7.96. The van der Waals surface area contributed by atoms with Gasteiger partial charge in [-0.3, -0.25) is 4.79 Å². The highest BCUT2D eigenvalue weighted by Gasteiger charge is 2.30. The number of aliphatic hydroxyl groups is 1. The van der Waals surface area contributed by atoms with Crippen LogP contribution in [0.2, 0.25) is 0 Å². The van der Waals surface area contributed by atoms with Gasteiger partial charge in [-0.05, 0) is 44.7 Å². The molecule has 2 rings (SSSR count). The minimum absolute atomic E-state index is 0.0751. The lowest BCUT2D eigenvalue weighted by atomic mass is 9.93. The molecule has 2 N–H and O–H groups in total. The van der Waals surface area contributed by atoms with Crippen molar-refractivity contribution in [3.8, 4) is 0 Å². The molecule has 0 spiro atoms. The standard InChI is InChI=1S/C25H35NO4S/c1-25(2,3)31-30-24(28)22(14-16-27)23(26-18-20-10-6-4-7-11-20)15-17-29-19-21-12-8-5-9-13-21/h4-13,22-23,26-27H,14-19H2,1-3H3. The number of nitrogens with one attached hydrogen (secondary N) is 1. The van der Waals surface area contributed by atoms with Crippen LogP contribution in [-0.2, 0) is 26.9 Å². The first-order chi connectivity index (χ1) is 14.9. The van der Waals surface area contributed by atoms with Crippen molar-refractivity contribution in [3.05, 3.63) is 71.8 Å². The van der Waals surface area contributed by atoms with Crippen molar-refractivity contribution in [2.75, 3.05) is 13.2 Å². The normalized spacial score (nSPS) is 13.5. The van der Waals surface area contributed by atoms with Gasteiger partial charge in [-0.1, -0.05) is 60.7 Å². The average Bonchev–Trinajstić information content (AvgIpc) is 2.76. The molecule has 2 unspecified atom stereocenters. The molecule has 2 aromatic rings. The van der Waals surface area contributed by atoms with E-state index in [4.69, 9.17) is 8.92 Å². The van der Waals surface area contributed by atoms with Crippen LogP contribution < -0.4 is 5.32 Å². The first-order valence-corrected chi connectivity index (χ1v) is 11.5. The van der Waals surface area contributed by atoms with Gasteiger partial charge in [-0.2, -0.15) is 0 Å². The molecule has 0 bridgehead atoms. The monoisotopic (exact) mass is 445 g/mol. The Bertz CT molecular complexity index is 749. The molecule has 0 saturated heterocycles. The number of hydrogen-bond donors (Lipinski definition) is 2. The van der Waals surface area contributed by atoms with Crippen molar-refractivity contribution < 1.29 is 18.8 Å². The maximum absolute atomic E-state index is 12.9. The molecule has 0 heterocycles. The van der Waals surface area contributed by atoms with Crippen LogP contribution >= 0.6 is 12.0 Å². The lowest BCUT2D eigenvalue weighted by Crippen LogP contribution is -2.41. The van der Waals surface area contributed by atoms with E-state index in [2.05, 4.69) is 5.32 Å². The van der Waals surface area contributed by atoms with E-state index in [0.29, 0.717) is 32.6 Å². The van der Waals surface area contributed by atoms with Gasteiger partial charge in [-0.15, -0.1) is 0 Å². The maximum Gasteiger partial charge on any atom is 0.322 e. The Kier molecular flexibility index (Phi) is 11.1. The van der Waals surface area contributed by atoms with Crippen LogP contribution in [0.25, 0.3) is 0 Å². The lowest BCUT2D eigenvalue weighted by molar-refractivity contribution is -0.139. The van der Waals surface area contributed by atoms with Crippen molar-refractivity contribution >= 4 is 18.0 Å². The molecular formula is C25H35NO4S. The number of aliphatic hydroxyl groups excluding tert-OH is 1. The van der Waals surface area contributed by atoms with Gasteiger partial charge in [0.15, 0.2) is 0 Å². The zero-order valence-electron chi connectivity index (χ0n) is 18.8. The van der Waals surface area contributed by atoms with Crippen LogP contribution in [0.1, 0.15) is 44.7 Å². The molecule has 2 atom stereocenters. The number of hydrogen-bond acceptors (Lipinski definition) is 6. The molecule has 0 radical (unpaired) electrons. The zero-order chi connectivity index (χ0) is 22.5. The van der Waals surface area contributed by atoms with Gasteiger partial charge < -0.3 is 19.3 Å². The highest BCUT2D eigenvalue weighted by Crippen LogP contribution is 2.27. The Morgan fingerprint density at radius 2 is 1.61 bits per heavy atom. The van der Waals surface area contributed by atoms with Crippen LogP contribution in [0.5, 0.6) is 0 Å². The first-order valence-electron chi connectivity index (χ1n) is 10.8. The molecule has 0 fully saturated rings. The molecule has 0 aliphatic carbocycles. The van der Waals surface area contributed by atoms with Gasteiger partial charge in [0.2, 0.25) is 0 Å². The topological polar surface area (TPSA) is 67.8 Å². The number of benzene rings is 2. The van der Waals surface area contributed by atoms with Gasteiger partial charge in [0, 0.05) is 30.5 Å². The molecule has 0 amide bonds. The van der Waals surface area contributed by atoms with Crippen LogP contribution in [0.15, 0.2) is 60.7 Å². The van der Waals surface area contributed by atoms with Gasteiger partial charge in [-0.25, -0.2) is 0 Å². The fourth-order valence-electron chi connectivity index (χ4n) is 3.12. The average molecular weight is 446 g/mol. The highest BCUT2D eigenvalue weighted by atomic mass is 32.2. The molecular weight excluding hydrogens is 410 g/mol. The summed E-state index contributed by atoms with van der Waals surface area (Å²) in [5, 5.41) is 13.1. The van der Waals surface area contributed by atoms with Crippen LogP contribution in [0.3, 0.4) is 0 Å². The first kappa shape index (κ1) is 25.4. The fourth-order valence-corrected chi connectivity index (χ4v) is 3.57. The fraction of sp³-hybridized carbons (Fsp3) is 0.480. The van der Waals surface area contributed by atoms with E-state index in [1.54, 1.807) is 0 Å². The molecule has 170 valence electrons. The van der Waals surface area contributed by atoms with Crippen molar-refractivity contribution in [3.63, 3.8) is 0 Å². The Labute approximate surface area is 190 Å². The molecule has 0 saturated carbocycles. The number of rotatable bonds is 13. The Hall–Kier alpha value is -1.86. The van der Waals surface area contributed by atoms with Crippen molar-refractivity contribution in [1.29, 1.82) is 0 Å². The zero-order valence-corrected chi connectivity index (χ0v) is 19.6. The number of ether oxygens (including phenoxy) is 1. The predicted molar refractivity (Wildman–Crippen MR) is 126 cm³/mol. The van der Waals surface area contributed by atoms with E-state index < -0.39 is 5.92 Å². The summed E-state index contributed by atoms with van der Waals surface area (Å²) in [5.74, 6) is -0.758. The summed E-state index contributed by atoms with van der Waals surface area (Å²) in [6, 6.07) is 19.9. The van der Waals surface area contributed by atoms with Crippen LogP contribution in [0, 0.1) is 5.92 Å². The summed E-state index contributed by atoms with van der Waals surface area (Å²) < 4.78 is 11.2. The summed E-state index contributed by atoms with van der Waals surface area (Å²) >= 11 is 1.16. The Morgan fingerprint density at radius 3 is 2.19 bits per heavy atom. The molecule has 6 heteroatoms. The van der Waals surface area contributed by atoms with Crippen LogP contribution in [0.4, 0.5) is 0 Å². The van der Waals surface area contributed by atoms with E-state index in [1.807, 2.05) is 81.4 Å². The van der Waals surface area contributed by atoms with Gasteiger partial charge in [0.25, 0.3) is 0 Å². The van der Waals surface area contributed by atoms with E-state index in [0.717, 1.165) is 23.2 Å². The molecule has 31 heavy (non-hydrogen) atoms. The summed E-state index contributed by atoms with van der Waals surface area (Å²) in [7, 11) is 0. The third-order valence-electron chi connectivity index (χ3n) is 4.70. The molecule has 0 aliphatic heterocycles. The van der Waals surface area contributed by atoms with E-state index in [9.17, 15) is 9.90 Å². The second-order valence-corrected chi connectivity index (χ2v) is 10.1. The van der Waals surface area contributed by atoms with E-state index in [1.165, 1.54) is 0 Å². The number of carbonyl (C=O) groups excluding carboxylic acids is 1. The lowest BCUT2D eigenvalue weighted by Gasteiger charge is -2.27. The summed E-state index contributed by atoms with van der Waals surface area (Å²) in [6.45, 7) is 7.57. The summed E-state index contributed by atoms with van der Waals surface area (Å²) in [5.41, 5.74) is 2.25. The Morgan fingerprint density at radius 1 is 1.00 bits per heavy atom. The van der Waals surface area contributed by atoms with Gasteiger partial charge >= 0.3 is 5.97 Å². The minimum atomic E-state index is -0.455. The van der Waals surface area contributed by atoms with Crippen molar-refractivity contribution in [2.24, 2.45) is 5.92 Å². The molecule has 2 aromatic carbocycles. The smallest absolute Gasteiger partial charge is 0.322 e. The van der Waals surface area contributed by atoms with Crippen molar-refractivity contribution in [2.45, 2.75) is 57.6 Å². The quantitative estimate of drug-likeness (QED) is 0.343. The van der Waals surface area contributed by atoms with E-state index >= 15 is 0 Å². The second-order valence-electron chi connectivity index (χ2n) is 8.52. The largest absolute Gasteiger partial charge is 0.396 e. The second kappa shape index (κ2) is 13.5. The van der Waals surface area contributed by atoms with Gasteiger partial charge in [0.05, 0.1) is 24.6 Å². The van der Waals surface area contributed by atoms with Crippen LogP contribution in [-0.4, -0.2) is 35.1 Å². The minimum Gasteiger partial charge on any atom is -0.396 e.